The summed E-state index contributed by atoms with van der Waals surface area (Å²) in [4.78, 5) is 25.9. The molecular weight excluding hydrogens is 300 g/mol. The number of fused-ring (bicyclic) bond motifs is 1. The van der Waals surface area contributed by atoms with E-state index in [1.54, 1.807) is 13.2 Å². The van der Waals surface area contributed by atoms with Gasteiger partial charge in [0.15, 0.2) is 0 Å². The summed E-state index contributed by atoms with van der Waals surface area (Å²) in [5.41, 5.74) is 2.03. The molecule has 2 heterocycles. The standard InChI is InChI=1S/C16H16N2O3S/c1-17-10-11(12-5-3-4-6-13(12)17)9-14-15(19)18(7-8-21-2)16(20)22-14/h3-6,9-10H,7-8H2,1-2H3/b14-9+. The van der Waals surface area contributed by atoms with Crippen LogP contribution in [0.1, 0.15) is 5.56 Å². The summed E-state index contributed by atoms with van der Waals surface area (Å²) < 4.78 is 6.95. The van der Waals surface area contributed by atoms with Crippen LogP contribution in [0.5, 0.6) is 0 Å². The Kier molecular flexibility index (Phi) is 4.04. The van der Waals surface area contributed by atoms with Crippen LogP contribution in [0.15, 0.2) is 35.4 Å². The highest BCUT2D eigenvalue weighted by molar-refractivity contribution is 8.18. The molecule has 2 amide bonds. The normalized spacial score (nSPS) is 17.2. The van der Waals surface area contributed by atoms with Crippen LogP contribution in [-0.2, 0) is 16.6 Å². The minimum absolute atomic E-state index is 0.242. The summed E-state index contributed by atoms with van der Waals surface area (Å²) in [5, 5.41) is 0.822. The molecule has 0 atom stereocenters. The second-order valence-corrected chi connectivity index (χ2v) is 6.03. The Balaban J connectivity index is 1.95. The minimum Gasteiger partial charge on any atom is -0.383 e. The first-order valence-corrected chi connectivity index (χ1v) is 7.72. The summed E-state index contributed by atoms with van der Waals surface area (Å²) in [6.45, 7) is 0.633. The summed E-state index contributed by atoms with van der Waals surface area (Å²) in [7, 11) is 3.51. The van der Waals surface area contributed by atoms with E-state index < -0.39 is 0 Å². The van der Waals surface area contributed by atoms with Gasteiger partial charge in [0, 0.05) is 36.8 Å². The van der Waals surface area contributed by atoms with E-state index in [-0.39, 0.29) is 17.7 Å². The molecule has 6 heteroatoms. The van der Waals surface area contributed by atoms with E-state index in [0.717, 1.165) is 28.2 Å². The molecule has 1 fully saturated rings. The number of ether oxygens (including phenoxy) is 1. The molecule has 3 rings (SSSR count). The molecule has 1 saturated heterocycles. The molecule has 22 heavy (non-hydrogen) atoms. The van der Waals surface area contributed by atoms with Crippen molar-refractivity contribution in [3.05, 3.63) is 40.9 Å². The number of carbonyl (C=O) groups is 2. The van der Waals surface area contributed by atoms with Crippen molar-refractivity contribution < 1.29 is 14.3 Å². The lowest BCUT2D eigenvalue weighted by Gasteiger charge is -2.10. The van der Waals surface area contributed by atoms with E-state index >= 15 is 0 Å². The Morgan fingerprint density at radius 1 is 1.27 bits per heavy atom. The predicted molar refractivity (Wildman–Crippen MR) is 87.5 cm³/mol. The van der Waals surface area contributed by atoms with Crippen molar-refractivity contribution in [3.63, 3.8) is 0 Å². The zero-order valence-corrected chi connectivity index (χ0v) is 13.2. The molecule has 1 aliphatic heterocycles. The maximum Gasteiger partial charge on any atom is 0.293 e. The Labute approximate surface area is 132 Å². The van der Waals surface area contributed by atoms with Gasteiger partial charge in [-0.05, 0) is 23.9 Å². The maximum absolute atomic E-state index is 12.3. The van der Waals surface area contributed by atoms with Gasteiger partial charge in [-0.3, -0.25) is 14.5 Å². The lowest BCUT2D eigenvalue weighted by atomic mass is 10.1. The van der Waals surface area contributed by atoms with Gasteiger partial charge in [-0.25, -0.2) is 0 Å². The van der Waals surface area contributed by atoms with Gasteiger partial charge in [-0.15, -0.1) is 0 Å². The number of carbonyl (C=O) groups excluding carboxylic acids is 2. The van der Waals surface area contributed by atoms with Crippen LogP contribution in [0.4, 0.5) is 4.79 Å². The van der Waals surface area contributed by atoms with Crippen molar-refractivity contribution in [2.24, 2.45) is 7.05 Å². The molecule has 1 aromatic heterocycles. The maximum atomic E-state index is 12.3. The summed E-state index contributed by atoms with van der Waals surface area (Å²) in [5.74, 6) is -0.250. The monoisotopic (exact) mass is 316 g/mol. The average Bonchev–Trinajstić information content (AvgIpc) is 2.96. The second-order valence-electron chi connectivity index (χ2n) is 5.04. The smallest absolute Gasteiger partial charge is 0.293 e. The van der Waals surface area contributed by atoms with Crippen molar-refractivity contribution in [2.45, 2.75) is 0 Å². The highest BCUT2D eigenvalue weighted by Gasteiger charge is 2.34. The molecule has 114 valence electrons. The molecule has 0 aliphatic carbocycles. The number of hydrogen-bond acceptors (Lipinski definition) is 4. The molecule has 0 saturated carbocycles. The molecule has 1 aliphatic rings. The number of amides is 2. The first-order valence-electron chi connectivity index (χ1n) is 6.90. The fourth-order valence-electron chi connectivity index (χ4n) is 2.50. The largest absolute Gasteiger partial charge is 0.383 e. The van der Waals surface area contributed by atoms with Crippen LogP contribution < -0.4 is 0 Å². The van der Waals surface area contributed by atoms with Gasteiger partial charge in [0.1, 0.15) is 0 Å². The number of methoxy groups -OCH3 is 1. The van der Waals surface area contributed by atoms with Crippen LogP contribution in [-0.4, -0.2) is 40.9 Å². The number of aryl methyl sites for hydroxylation is 1. The molecule has 5 nitrogen and oxygen atoms in total. The van der Waals surface area contributed by atoms with Crippen molar-refractivity contribution in [1.82, 2.24) is 9.47 Å². The van der Waals surface area contributed by atoms with Gasteiger partial charge >= 0.3 is 0 Å². The number of benzene rings is 1. The number of imide groups is 1. The lowest BCUT2D eigenvalue weighted by Crippen LogP contribution is -2.31. The van der Waals surface area contributed by atoms with Crippen LogP contribution >= 0.6 is 11.8 Å². The van der Waals surface area contributed by atoms with E-state index in [1.807, 2.05) is 42.1 Å². The highest BCUT2D eigenvalue weighted by atomic mass is 32.2. The van der Waals surface area contributed by atoms with E-state index in [9.17, 15) is 9.59 Å². The number of rotatable bonds is 4. The van der Waals surface area contributed by atoms with Crippen molar-refractivity contribution in [1.29, 1.82) is 0 Å². The van der Waals surface area contributed by atoms with Crippen molar-refractivity contribution >= 4 is 39.9 Å². The third-order valence-electron chi connectivity index (χ3n) is 3.61. The quantitative estimate of drug-likeness (QED) is 0.814. The molecule has 0 radical (unpaired) electrons. The lowest BCUT2D eigenvalue weighted by molar-refractivity contribution is -0.123. The zero-order valence-electron chi connectivity index (χ0n) is 12.4. The van der Waals surface area contributed by atoms with Crippen LogP contribution in [0.2, 0.25) is 0 Å². The van der Waals surface area contributed by atoms with Crippen LogP contribution in [0.3, 0.4) is 0 Å². The average molecular weight is 316 g/mol. The van der Waals surface area contributed by atoms with Gasteiger partial charge in [-0.2, -0.15) is 0 Å². The van der Waals surface area contributed by atoms with Crippen LogP contribution in [0, 0.1) is 0 Å². The van der Waals surface area contributed by atoms with Crippen molar-refractivity contribution in [2.75, 3.05) is 20.3 Å². The fraction of sp³-hybridized carbons (Fsp3) is 0.250. The summed E-state index contributed by atoms with van der Waals surface area (Å²) >= 11 is 0.979. The third kappa shape index (κ3) is 2.55. The topological polar surface area (TPSA) is 51.5 Å². The predicted octanol–water partition coefficient (Wildman–Crippen LogP) is 2.86. The molecule has 2 aromatic rings. The van der Waals surface area contributed by atoms with E-state index in [0.29, 0.717) is 11.5 Å². The fourth-order valence-corrected chi connectivity index (χ4v) is 3.36. The van der Waals surface area contributed by atoms with Crippen LogP contribution in [0.25, 0.3) is 17.0 Å². The molecular formula is C16H16N2O3S. The molecule has 0 bridgehead atoms. The van der Waals surface area contributed by atoms with Crippen molar-refractivity contribution in [3.8, 4) is 0 Å². The Hall–Kier alpha value is -2.05. The summed E-state index contributed by atoms with van der Waals surface area (Å²) in [6, 6.07) is 7.97. The molecule has 1 aromatic carbocycles. The number of para-hydroxylation sites is 1. The Morgan fingerprint density at radius 2 is 2.05 bits per heavy atom. The third-order valence-corrected chi connectivity index (χ3v) is 4.51. The van der Waals surface area contributed by atoms with Gasteiger partial charge in [0.2, 0.25) is 0 Å². The second kappa shape index (κ2) is 5.98. The van der Waals surface area contributed by atoms with Gasteiger partial charge in [0.25, 0.3) is 11.1 Å². The molecule has 0 unspecified atom stereocenters. The van der Waals surface area contributed by atoms with Gasteiger partial charge < -0.3 is 9.30 Å². The van der Waals surface area contributed by atoms with Gasteiger partial charge in [-0.1, -0.05) is 18.2 Å². The molecule has 0 N–H and O–H groups in total. The summed E-state index contributed by atoms with van der Waals surface area (Å²) in [6.07, 6.45) is 3.76. The number of nitrogens with zero attached hydrogens (tertiary/aromatic N) is 2. The highest BCUT2D eigenvalue weighted by Crippen LogP contribution is 2.33. The number of hydrogen-bond donors (Lipinski definition) is 0. The molecule has 0 spiro atoms. The Bertz CT molecular complexity index is 779. The van der Waals surface area contributed by atoms with E-state index in [1.165, 1.54) is 4.90 Å². The first-order chi connectivity index (χ1) is 10.6. The van der Waals surface area contributed by atoms with E-state index in [2.05, 4.69) is 0 Å². The SMILES string of the molecule is COCCN1C(=O)S/C(=C/c2cn(C)c3ccccc23)C1=O. The van der Waals surface area contributed by atoms with Gasteiger partial charge in [0.05, 0.1) is 18.1 Å². The zero-order chi connectivity index (χ0) is 15.7. The first kappa shape index (κ1) is 14.9. The van der Waals surface area contributed by atoms with E-state index in [4.69, 9.17) is 4.74 Å². The Morgan fingerprint density at radius 3 is 2.82 bits per heavy atom. The number of thioether (sulfide) groups is 1. The number of aromatic nitrogens is 1. The minimum atomic E-state index is -0.250.